The average Bonchev–Trinajstić information content (AvgIpc) is 3.09. The Hall–Kier alpha value is -4.30. The number of ketones is 2. The summed E-state index contributed by atoms with van der Waals surface area (Å²) < 4.78 is 11.9. The normalized spacial score (nSPS) is 12.4. The number of hydrogen-bond acceptors (Lipinski definition) is 7. The van der Waals surface area contributed by atoms with Crippen LogP contribution in [0.3, 0.4) is 0 Å². The quantitative estimate of drug-likeness (QED) is 0.113. The second kappa shape index (κ2) is 18.6. The molecule has 0 radical (unpaired) electrons. The van der Waals surface area contributed by atoms with E-state index in [-0.39, 0.29) is 37.9 Å². The Morgan fingerprint density at radius 1 is 0.609 bits per heavy atom. The van der Waals surface area contributed by atoms with Gasteiger partial charge in [-0.05, 0) is 61.2 Å². The molecule has 0 amide bonds. The van der Waals surface area contributed by atoms with E-state index in [2.05, 4.69) is 0 Å². The number of benzene rings is 4. The van der Waals surface area contributed by atoms with Crippen LogP contribution in [-0.2, 0) is 12.8 Å². The maximum absolute atomic E-state index is 13.0. The van der Waals surface area contributed by atoms with Crippen molar-refractivity contribution in [1.29, 1.82) is 0 Å². The largest absolute Gasteiger partial charge is 0.490 e. The first-order chi connectivity index (χ1) is 22.4. The minimum absolute atomic E-state index is 0.00819. The van der Waals surface area contributed by atoms with E-state index in [1.54, 1.807) is 24.3 Å². The van der Waals surface area contributed by atoms with Gasteiger partial charge in [0.25, 0.3) is 0 Å². The Labute approximate surface area is 272 Å². The summed E-state index contributed by atoms with van der Waals surface area (Å²) in [5.74, 6) is 0.882. The number of aliphatic hydroxyl groups excluding tert-OH is 2. The molecule has 0 aliphatic heterocycles. The van der Waals surface area contributed by atoms with Crippen molar-refractivity contribution in [3.05, 3.63) is 131 Å². The third-order valence-corrected chi connectivity index (χ3v) is 7.68. The molecule has 4 aromatic carbocycles. The van der Waals surface area contributed by atoms with Crippen LogP contribution < -0.4 is 9.47 Å². The molecule has 0 aromatic heterocycles. The van der Waals surface area contributed by atoms with Crippen LogP contribution in [-0.4, -0.2) is 71.7 Å². The maximum Gasteiger partial charge on any atom is 0.166 e. The van der Waals surface area contributed by atoms with Gasteiger partial charge in [-0.25, -0.2) is 0 Å². The van der Waals surface area contributed by atoms with Crippen molar-refractivity contribution in [2.24, 2.45) is 0 Å². The van der Waals surface area contributed by atoms with E-state index in [0.717, 1.165) is 17.5 Å². The van der Waals surface area contributed by atoms with Gasteiger partial charge in [0.15, 0.2) is 11.6 Å². The van der Waals surface area contributed by atoms with Crippen LogP contribution in [0.1, 0.15) is 58.0 Å². The van der Waals surface area contributed by atoms with Crippen LogP contribution in [0.25, 0.3) is 0 Å². The first kappa shape index (κ1) is 34.6. The third kappa shape index (κ3) is 11.2. The zero-order chi connectivity index (χ0) is 32.6. The summed E-state index contributed by atoms with van der Waals surface area (Å²) >= 11 is 0. The predicted molar refractivity (Wildman–Crippen MR) is 181 cm³/mol. The highest BCUT2D eigenvalue weighted by Gasteiger charge is 2.19. The molecule has 0 spiro atoms. The van der Waals surface area contributed by atoms with Crippen molar-refractivity contribution in [2.45, 2.75) is 51.2 Å². The zero-order valence-electron chi connectivity index (χ0n) is 26.6. The fourth-order valence-corrected chi connectivity index (χ4v) is 5.37. The number of rotatable bonds is 20. The van der Waals surface area contributed by atoms with Gasteiger partial charge in [-0.2, -0.15) is 0 Å². The lowest BCUT2D eigenvalue weighted by Crippen LogP contribution is -2.42. The SMILES string of the molecule is CCCN(C[C@H](O)COc1ccccc1C(=O)CCc1ccccc1)C[C@H](O)COc1ccccc1C(=O)CCc1ccccc1. The third-order valence-electron chi connectivity index (χ3n) is 7.68. The van der Waals surface area contributed by atoms with Crippen LogP contribution in [0.5, 0.6) is 11.5 Å². The van der Waals surface area contributed by atoms with Gasteiger partial charge in [-0.1, -0.05) is 91.9 Å². The van der Waals surface area contributed by atoms with Crippen molar-refractivity contribution in [2.75, 3.05) is 32.8 Å². The molecule has 7 heteroatoms. The summed E-state index contributed by atoms with van der Waals surface area (Å²) in [6, 6.07) is 34.0. The second-order valence-electron chi connectivity index (χ2n) is 11.5. The summed E-state index contributed by atoms with van der Waals surface area (Å²) in [4.78, 5) is 27.9. The van der Waals surface area contributed by atoms with Crippen LogP contribution in [0.2, 0.25) is 0 Å². The van der Waals surface area contributed by atoms with E-state index in [4.69, 9.17) is 9.47 Å². The lowest BCUT2D eigenvalue weighted by atomic mass is 10.0. The Bertz CT molecular complexity index is 1380. The average molecular weight is 624 g/mol. The number of nitrogens with zero attached hydrogens (tertiary/aromatic N) is 1. The molecule has 46 heavy (non-hydrogen) atoms. The summed E-state index contributed by atoms with van der Waals surface area (Å²) in [6.45, 7) is 3.28. The lowest BCUT2D eigenvalue weighted by Gasteiger charge is -2.27. The molecule has 0 aliphatic carbocycles. The molecule has 4 rings (SSSR count). The second-order valence-corrected chi connectivity index (χ2v) is 11.5. The number of para-hydroxylation sites is 2. The molecule has 0 bridgehead atoms. The van der Waals surface area contributed by atoms with E-state index >= 15 is 0 Å². The van der Waals surface area contributed by atoms with Crippen molar-refractivity contribution in [3.8, 4) is 11.5 Å². The number of carbonyl (C=O) groups excluding carboxylic acids is 2. The first-order valence-electron chi connectivity index (χ1n) is 16.1. The molecule has 0 heterocycles. The standard InChI is InChI=1S/C39H45NO6/c1-2-25-40(26-32(41)28-45-38-19-11-9-17-34(38)36(43)23-21-30-13-5-3-6-14-30)27-33(42)29-46-39-20-12-10-18-35(39)37(44)24-22-31-15-7-4-8-16-31/h3-20,32-33,41-42H,2,21-29H2,1H3/t32-,33-/m0/s1. The number of ether oxygens (including phenoxy) is 2. The summed E-state index contributed by atoms with van der Waals surface area (Å²) in [6.07, 6.45) is 1.17. The molecule has 4 aromatic rings. The molecule has 0 unspecified atom stereocenters. The van der Waals surface area contributed by atoms with E-state index in [0.29, 0.717) is 54.9 Å². The van der Waals surface area contributed by atoms with E-state index in [1.165, 1.54) is 0 Å². The number of aliphatic hydroxyl groups is 2. The lowest BCUT2D eigenvalue weighted by molar-refractivity contribution is 0.0310. The minimum atomic E-state index is -0.838. The molecule has 242 valence electrons. The highest BCUT2D eigenvalue weighted by Crippen LogP contribution is 2.22. The molecule has 2 atom stereocenters. The summed E-state index contributed by atoms with van der Waals surface area (Å²) in [5.41, 5.74) is 3.21. The van der Waals surface area contributed by atoms with Gasteiger partial charge >= 0.3 is 0 Å². The van der Waals surface area contributed by atoms with Crippen LogP contribution in [0, 0.1) is 0 Å². The van der Waals surface area contributed by atoms with Gasteiger partial charge in [0.1, 0.15) is 36.9 Å². The highest BCUT2D eigenvalue weighted by molar-refractivity contribution is 5.99. The molecular weight excluding hydrogens is 578 g/mol. The van der Waals surface area contributed by atoms with Crippen molar-refractivity contribution >= 4 is 11.6 Å². The fraction of sp³-hybridized carbons (Fsp3) is 0.333. The molecule has 0 saturated heterocycles. The number of hydrogen-bond donors (Lipinski definition) is 2. The highest BCUT2D eigenvalue weighted by atomic mass is 16.5. The van der Waals surface area contributed by atoms with Gasteiger partial charge in [0.2, 0.25) is 0 Å². The molecule has 0 saturated carbocycles. The van der Waals surface area contributed by atoms with Crippen LogP contribution in [0.4, 0.5) is 0 Å². The summed E-state index contributed by atoms with van der Waals surface area (Å²) in [7, 11) is 0. The van der Waals surface area contributed by atoms with E-state index in [1.807, 2.05) is 96.8 Å². The number of Topliss-reactive ketones (excluding diaryl/α,β-unsaturated/α-hetero) is 2. The van der Waals surface area contributed by atoms with E-state index < -0.39 is 12.2 Å². The van der Waals surface area contributed by atoms with Gasteiger partial charge in [-0.3, -0.25) is 14.5 Å². The van der Waals surface area contributed by atoms with Gasteiger partial charge in [0.05, 0.1) is 11.1 Å². The van der Waals surface area contributed by atoms with Crippen molar-refractivity contribution < 1.29 is 29.3 Å². The maximum atomic E-state index is 13.0. The Kier molecular flexibility index (Phi) is 14.0. The molecule has 0 aliphatic rings. The van der Waals surface area contributed by atoms with Gasteiger partial charge in [-0.15, -0.1) is 0 Å². The monoisotopic (exact) mass is 623 g/mol. The smallest absolute Gasteiger partial charge is 0.166 e. The molecular formula is C39H45NO6. The van der Waals surface area contributed by atoms with E-state index in [9.17, 15) is 19.8 Å². The predicted octanol–water partition coefficient (Wildman–Crippen LogP) is 6.21. The number of aryl methyl sites for hydroxylation is 2. The van der Waals surface area contributed by atoms with Crippen molar-refractivity contribution in [1.82, 2.24) is 4.90 Å². The van der Waals surface area contributed by atoms with Crippen LogP contribution in [0.15, 0.2) is 109 Å². The van der Waals surface area contributed by atoms with Gasteiger partial charge in [0, 0.05) is 25.9 Å². The van der Waals surface area contributed by atoms with Crippen LogP contribution >= 0.6 is 0 Å². The molecule has 2 N–H and O–H groups in total. The van der Waals surface area contributed by atoms with Gasteiger partial charge < -0.3 is 19.7 Å². The topological polar surface area (TPSA) is 96.3 Å². The Morgan fingerprint density at radius 2 is 1.00 bits per heavy atom. The Balaban J connectivity index is 1.25. The Morgan fingerprint density at radius 3 is 1.41 bits per heavy atom. The number of carbonyl (C=O) groups is 2. The zero-order valence-corrected chi connectivity index (χ0v) is 26.6. The molecule has 7 nitrogen and oxygen atoms in total. The molecule has 0 fully saturated rings. The summed E-state index contributed by atoms with van der Waals surface area (Å²) in [5, 5.41) is 21.7. The first-order valence-corrected chi connectivity index (χ1v) is 16.1. The fourth-order valence-electron chi connectivity index (χ4n) is 5.37. The van der Waals surface area contributed by atoms with Crippen molar-refractivity contribution in [3.63, 3.8) is 0 Å². The minimum Gasteiger partial charge on any atom is -0.490 e.